The molecule has 0 aliphatic heterocycles. The van der Waals surface area contributed by atoms with Crippen LogP contribution in [0, 0.1) is 0 Å². The summed E-state index contributed by atoms with van der Waals surface area (Å²) >= 11 is 1.50. The highest BCUT2D eigenvalue weighted by Gasteiger charge is 2.29. The predicted molar refractivity (Wildman–Crippen MR) is 78.9 cm³/mol. The minimum absolute atomic E-state index is 0.173. The molecule has 4 nitrogen and oxygen atoms in total. The molecule has 6 heteroatoms. The van der Waals surface area contributed by atoms with Crippen molar-refractivity contribution in [2.24, 2.45) is 0 Å². The van der Waals surface area contributed by atoms with E-state index < -0.39 is 10.0 Å². The quantitative estimate of drug-likeness (QED) is 0.909. The van der Waals surface area contributed by atoms with Crippen LogP contribution in [0.1, 0.15) is 37.0 Å². The van der Waals surface area contributed by atoms with Crippen LogP contribution in [0.25, 0.3) is 0 Å². The summed E-state index contributed by atoms with van der Waals surface area (Å²) in [5.41, 5.74) is 0. The lowest BCUT2D eigenvalue weighted by atomic mass is 9.96. The average Bonchev–Trinajstić information content (AvgIpc) is 2.89. The third-order valence-corrected chi connectivity index (χ3v) is 6.72. The summed E-state index contributed by atoms with van der Waals surface area (Å²) < 4.78 is 26.7. The highest BCUT2D eigenvalue weighted by atomic mass is 32.2. The standard InChI is InChI=1S/C13H22N2O2S2/c1-14-9-12-8-13(10-18-12)19(16,17)15(2)11-6-4-3-5-7-11/h8,10-11,14H,3-7,9H2,1-2H3. The molecule has 0 saturated heterocycles. The van der Waals surface area contributed by atoms with Crippen molar-refractivity contribution < 1.29 is 8.42 Å². The van der Waals surface area contributed by atoms with Gasteiger partial charge in [-0.25, -0.2) is 8.42 Å². The SMILES string of the molecule is CNCc1cc(S(=O)(=O)N(C)C2CCCCC2)cs1. The fraction of sp³-hybridized carbons (Fsp3) is 0.692. The van der Waals surface area contributed by atoms with E-state index in [-0.39, 0.29) is 6.04 Å². The van der Waals surface area contributed by atoms with Crippen LogP contribution in [0.4, 0.5) is 0 Å². The van der Waals surface area contributed by atoms with Gasteiger partial charge in [0.15, 0.2) is 0 Å². The normalized spacial score (nSPS) is 18.1. The summed E-state index contributed by atoms with van der Waals surface area (Å²) in [5, 5.41) is 4.79. The van der Waals surface area contributed by atoms with Crippen LogP contribution in [0.2, 0.25) is 0 Å². The molecule has 1 aliphatic rings. The molecule has 1 heterocycles. The minimum Gasteiger partial charge on any atom is -0.315 e. The van der Waals surface area contributed by atoms with Crippen LogP contribution < -0.4 is 5.32 Å². The number of nitrogens with zero attached hydrogens (tertiary/aromatic N) is 1. The van der Waals surface area contributed by atoms with Gasteiger partial charge in [-0.1, -0.05) is 19.3 Å². The lowest BCUT2D eigenvalue weighted by Gasteiger charge is -2.30. The molecule has 0 unspecified atom stereocenters. The maximum atomic E-state index is 12.6. The van der Waals surface area contributed by atoms with Gasteiger partial charge < -0.3 is 5.32 Å². The first kappa shape index (κ1) is 15.0. The Kier molecular flexibility index (Phi) is 5.00. The molecular formula is C13H22N2O2S2. The average molecular weight is 302 g/mol. The molecule has 108 valence electrons. The molecule has 2 rings (SSSR count). The summed E-state index contributed by atoms with van der Waals surface area (Å²) in [5.74, 6) is 0. The van der Waals surface area contributed by atoms with Crippen LogP contribution >= 0.6 is 11.3 Å². The molecule has 0 radical (unpaired) electrons. The van der Waals surface area contributed by atoms with Gasteiger partial charge in [-0.3, -0.25) is 0 Å². The fourth-order valence-electron chi connectivity index (χ4n) is 2.57. The highest BCUT2D eigenvalue weighted by Crippen LogP contribution is 2.28. The van der Waals surface area contributed by atoms with E-state index in [1.165, 1.54) is 17.8 Å². The number of rotatable bonds is 5. The molecule has 1 aliphatic carbocycles. The largest absolute Gasteiger partial charge is 0.315 e. The second-order valence-corrected chi connectivity index (χ2v) is 8.09. The van der Waals surface area contributed by atoms with E-state index in [9.17, 15) is 8.42 Å². The topological polar surface area (TPSA) is 49.4 Å². The van der Waals surface area contributed by atoms with Crippen LogP contribution in [0.15, 0.2) is 16.3 Å². The third kappa shape index (κ3) is 3.37. The predicted octanol–water partition coefficient (Wildman–Crippen LogP) is 2.42. The third-order valence-electron chi connectivity index (χ3n) is 3.75. The zero-order valence-corrected chi connectivity index (χ0v) is 13.2. The number of sulfonamides is 1. The molecule has 0 amide bonds. The number of thiophene rings is 1. The maximum absolute atomic E-state index is 12.6. The van der Waals surface area contributed by atoms with Gasteiger partial charge >= 0.3 is 0 Å². The van der Waals surface area contributed by atoms with Crippen LogP contribution in [-0.4, -0.2) is 32.9 Å². The lowest BCUT2D eigenvalue weighted by Crippen LogP contribution is -2.38. The van der Waals surface area contributed by atoms with Gasteiger partial charge in [-0.2, -0.15) is 4.31 Å². The molecule has 1 N–H and O–H groups in total. The van der Waals surface area contributed by atoms with Gasteiger partial charge in [0, 0.05) is 29.9 Å². The van der Waals surface area contributed by atoms with Crippen molar-refractivity contribution in [3.63, 3.8) is 0 Å². The number of nitrogens with one attached hydrogen (secondary N) is 1. The zero-order valence-electron chi connectivity index (χ0n) is 11.6. The van der Waals surface area contributed by atoms with Gasteiger partial charge in [0.05, 0.1) is 4.90 Å². The van der Waals surface area contributed by atoms with Gasteiger partial charge in [0.1, 0.15) is 0 Å². The van der Waals surface area contributed by atoms with Gasteiger partial charge in [-0.15, -0.1) is 11.3 Å². The highest BCUT2D eigenvalue weighted by molar-refractivity contribution is 7.89. The van der Waals surface area contributed by atoms with Crippen molar-refractivity contribution >= 4 is 21.4 Å². The number of hydrogen-bond donors (Lipinski definition) is 1. The fourth-order valence-corrected chi connectivity index (χ4v) is 5.26. The van der Waals surface area contributed by atoms with Crippen LogP contribution in [0.3, 0.4) is 0 Å². The molecule has 1 saturated carbocycles. The van der Waals surface area contributed by atoms with Gasteiger partial charge in [0.25, 0.3) is 0 Å². The monoisotopic (exact) mass is 302 g/mol. The first-order valence-corrected chi connectivity index (χ1v) is 9.07. The Balaban J connectivity index is 2.15. The van der Waals surface area contributed by atoms with Crippen molar-refractivity contribution in [3.8, 4) is 0 Å². The second kappa shape index (κ2) is 6.35. The Hall–Kier alpha value is -0.430. The molecule has 1 fully saturated rings. The first-order chi connectivity index (χ1) is 9.05. The lowest BCUT2D eigenvalue weighted by molar-refractivity contribution is 0.286. The van der Waals surface area contributed by atoms with E-state index in [1.54, 1.807) is 22.8 Å². The van der Waals surface area contributed by atoms with E-state index in [0.717, 1.165) is 30.6 Å². The van der Waals surface area contributed by atoms with E-state index in [4.69, 9.17) is 0 Å². The molecular weight excluding hydrogens is 280 g/mol. The zero-order chi connectivity index (χ0) is 13.9. The Morgan fingerprint density at radius 3 is 2.68 bits per heavy atom. The molecule has 1 aromatic rings. The maximum Gasteiger partial charge on any atom is 0.243 e. The summed E-state index contributed by atoms with van der Waals surface area (Å²) in [6, 6.07) is 1.96. The van der Waals surface area contributed by atoms with Crippen LogP contribution in [0.5, 0.6) is 0 Å². The Labute approximate surface area is 119 Å². The number of hydrogen-bond acceptors (Lipinski definition) is 4. The minimum atomic E-state index is -3.32. The summed E-state index contributed by atoms with van der Waals surface area (Å²) in [6.45, 7) is 0.716. The summed E-state index contributed by atoms with van der Waals surface area (Å²) in [4.78, 5) is 1.49. The summed E-state index contributed by atoms with van der Waals surface area (Å²) in [7, 11) is 0.266. The molecule has 0 aromatic carbocycles. The Morgan fingerprint density at radius 1 is 1.37 bits per heavy atom. The van der Waals surface area contributed by atoms with Gasteiger partial charge in [0.2, 0.25) is 10.0 Å². The summed E-state index contributed by atoms with van der Waals surface area (Å²) in [6.07, 6.45) is 5.49. The van der Waals surface area contributed by atoms with E-state index in [2.05, 4.69) is 5.32 Å². The van der Waals surface area contributed by atoms with E-state index in [1.807, 2.05) is 7.05 Å². The molecule has 19 heavy (non-hydrogen) atoms. The molecule has 0 atom stereocenters. The Bertz CT molecular complexity index is 504. The van der Waals surface area contributed by atoms with E-state index in [0.29, 0.717) is 11.4 Å². The first-order valence-electron chi connectivity index (χ1n) is 6.75. The molecule has 0 spiro atoms. The van der Waals surface area contributed by atoms with Crippen molar-refractivity contribution in [2.75, 3.05) is 14.1 Å². The van der Waals surface area contributed by atoms with Crippen LogP contribution in [-0.2, 0) is 16.6 Å². The van der Waals surface area contributed by atoms with Crippen molar-refractivity contribution in [3.05, 3.63) is 16.3 Å². The molecule has 0 bridgehead atoms. The molecule has 1 aromatic heterocycles. The smallest absolute Gasteiger partial charge is 0.243 e. The Morgan fingerprint density at radius 2 is 2.05 bits per heavy atom. The van der Waals surface area contributed by atoms with Crippen molar-refractivity contribution in [1.29, 1.82) is 0 Å². The van der Waals surface area contributed by atoms with Crippen molar-refractivity contribution in [2.45, 2.75) is 49.6 Å². The van der Waals surface area contributed by atoms with E-state index >= 15 is 0 Å². The second-order valence-electron chi connectivity index (χ2n) is 5.09. The van der Waals surface area contributed by atoms with Crippen molar-refractivity contribution in [1.82, 2.24) is 9.62 Å². The van der Waals surface area contributed by atoms with Gasteiger partial charge in [-0.05, 0) is 26.0 Å².